The third-order valence-electron chi connectivity index (χ3n) is 2.54. The maximum Gasteiger partial charge on any atom is 0.342 e. The van der Waals surface area contributed by atoms with E-state index in [-0.39, 0.29) is 11.3 Å². The average Bonchev–Trinajstić information content (AvgIpc) is 2.37. The molecule has 0 saturated heterocycles. The van der Waals surface area contributed by atoms with Gasteiger partial charge in [0, 0.05) is 27.4 Å². The summed E-state index contributed by atoms with van der Waals surface area (Å²) in [4.78, 5) is 15.6. The van der Waals surface area contributed by atoms with E-state index in [9.17, 15) is 9.90 Å². The van der Waals surface area contributed by atoms with Gasteiger partial charge in [0.25, 0.3) is 0 Å². The van der Waals surface area contributed by atoms with Gasteiger partial charge < -0.3 is 9.84 Å². The van der Waals surface area contributed by atoms with E-state index >= 15 is 0 Å². The van der Waals surface area contributed by atoms with Crippen molar-refractivity contribution in [3.8, 4) is 16.9 Å². The Morgan fingerprint density at radius 2 is 2.00 bits per heavy atom. The van der Waals surface area contributed by atoms with Crippen LogP contribution in [-0.2, 0) is 4.74 Å². The van der Waals surface area contributed by atoms with Crippen LogP contribution < -0.4 is 0 Å². The lowest BCUT2D eigenvalue weighted by Crippen LogP contribution is -2.05. The first-order valence-corrected chi connectivity index (χ1v) is 6.01. The quantitative estimate of drug-likeness (QED) is 0.861. The minimum Gasteiger partial charge on any atom is -0.505 e. The van der Waals surface area contributed by atoms with E-state index in [2.05, 4.69) is 9.72 Å². The van der Waals surface area contributed by atoms with Crippen molar-refractivity contribution < 1.29 is 14.6 Å². The molecule has 6 heteroatoms. The molecule has 98 valence electrons. The Labute approximate surface area is 119 Å². The van der Waals surface area contributed by atoms with Crippen LogP contribution in [0.3, 0.4) is 0 Å². The molecular formula is C13H9Cl2NO3. The number of carbonyl (C=O) groups is 1. The maximum absolute atomic E-state index is 11.7. The van der Waals surface area contributed by atoms with Crippen LogP contribution in [0.4, 0.5) is 0 Å². The number of hydrogen-bond donors (Lipinski definition) is 1. The molecule has 1 heterocycles. The van der Waals surface area contributed by atoms with Crippen LogP contribution in [0.25, 0.3) is 11.1 Å². The molecule has 0 fully saturated rings. The predicted octanol–water partition coefficient (Wildman–Crippen LogP) is 3.55. The fraction of sp³-hybridized carbons (Fsp3) is 0.0769. The SMILES string of the molecule is COC(=O)c1c(O)cncc1-c1ccc(Cl)cc1Cl. The van der Waals surface area contributed by atoms with Crippen molar-refractivity contribution in [1.82, 2.24) is 4.98 Å². The second-order valence-electron chi connectivity index (χ2n) is 3.70. The lowest BCUT2D eigenvalue weighted by atomic mass is 10.0. The first-order chi connectivity index (χ1) is 9.04. The second kappa shape index (κ2) is 5.47. The molecule has 2 rings (SSSR count). The molecular weight excluding hydrogens is 289 g/mol. The molecule has 1 aromatic carbocycles. The van der Waals surface area contributed by atoms with Gasteiger partial charge in [0.05, 0.1) is 13.3 Å². The van der Waals surface area contributed by atoms with Crippen molar-refractivity contribution in [2.75, 3.05) is 7.11 Å². The minimum absolute atomic E-state index is 0.0155. The number of esters is 1. The molecule has 0 spiro atoms. The van der Waals surface area contributed by atoms with E-state index in [1.54, 1.807) is 18.2 Å². The van der Waals surface area contributed by atoms with Crippen LogP contribution in [0.15, 0.2) is 30.6 Å². The number of hydrogen-bond acceptors (Lipinski definition) is 4. The summed E-state index contributed by atoms with van der Waals surface area (Å²) < 4.78 is 4.65. The summed E-state index contributed by atoms with van der Waals surface area (Å²) in [5.74, 6) is -0.934. The number of rotatable bonds is 2. The summed E-state index contributed by atoms with van der Waals surface area (Å²) in [5.41, 5.74) is 0.935. The monoisotopic (exact) mass is 297 g/mol. The van der Waals surface area contributed by atoms with Crippen LogP contribution in [0, 0.1) is 0 Å². The standard InChI is InChI=1S/C13H9Cl2NO3/c1-19-13(18)12-9(5-16-6-11(12)17)8-3-2-7(14)4-10(8)15/h2-6,17H,1H3. The van der Waals surface area contributed by atoms with Crippen molar-refractivity contribution in [2.24, 2.45) is 0 Å². The molecule has 0 aliphatic heterocycles. The number of nitrogens with zero attached hydrogens (tertiary/aromatic N) is 1. The molecule has 0 amide bonds. The number of benzene rings is 1. The molecule has 4 nitrogen and oxygen atoms in total. The van der Waals surface area contributed by atoms with Gasteiger partial charge in [0.15, 0.2) is 0 Å². The first-order valence-electron chi connectivity index (χ1n) is 5.25. The first kappa shape index (κ1) is 13.6. The highest BCUT2D eigenvalue weighted by Gasteiger charge is 2.20. The van der Waals surface area contributed by atoms with Gasteiger partial charge in [-0.25, -0.2) is 4.79 Å². The number of ether oxygens (including phenoxy) is 1. The number of pyridine rings is 1. The number of halogens is 2. The van der Waals surface area contributed by atoms with E-state index in [0.29, 0.717) is 21.2 Å². The Balaban J connectivity index is 2.68. The van der Waals surface area contributed by atoms with Crippen LogP contribution >= 0.6 is 23.2 Å². The van der Waals surface area contributed by atoms with Gasteiger partial charge in [0.2, 0.25) is 0 Å². The van der Waals surface area contributed by atoms with E-state index in [1.807, 2.05) is 0 Å². The predicted molar refractivity (Wildman–Crippen MR) is 72.7 cm³/mol. The topological polar surface area (TPSA) is 59.4 Å². The van der Waals surface area contributed by atoms with Gasteiger partial charge in [-0.1, -0.05) is 29.3 Å². The average molecular weight is 298 g/mol. The third-order valence-corrected chi connectivity index (χ3v) is 3.08. The van der Waals surface area contributed by atoms with Crippen molar-refractivity contribution >= 4 is 29.2 Å². The Kier molecular flexibility index (Phi) is 3.93. The van der Waals surface area contributed by atoms with Crippen LogP contribution in [0.2, 0.25) is 10.0 Å². The van der Waals surface area contributed by atoms with Crippen LogP contribution in [-0.4, -0.2) is 23.2 Å². The highest BCUT2D eigenvalue weighted by molar-refractivity contribution is 6.36. The highest BCUT2D eigenvalue weighted by Crippen LogP contribution is 2.35. The summed E-state index contributed by atoms with van der Waals surface area (Å²) in [6, 6.07) is 4.82. The zero-order chi connectivity index (χ0) is 14.0. The molecule has 2 aromatic rings. The summed E-state index contributed by atoms with van der Waals surface area (Å²) in [6.45, 7) is 0. The van der Waals surface area contributed by atoms with Crippen LogP contribution in [0.1, 0.15) is 10.4 Å². The van der Waals surface area contributed by atoms with Gasteiger partial charge in [0.1, 0.15) is 11.3 Å². The number of aromatic nitrogens is 1. The highest BCUT2D eigenvalue weighted by atomic mass is 35.5. The lowest BCUT2D eigenvalue weighted by Gasteiger charge is -2.10. The maximum atomic E-state index is 11.7. The Hall–Kier alpha value is -1.78. The van der Waals surface area contributed by atoms with Gasteiger partial charge in [-0.3, -0.25) is 4.98 Å². The van der Waals surface area contributed by atoms with E-state index in [4.69, 9.17) is 23.2 Å². The van der Waals surface area contributed by atoms with Gasteiger partial charge in [-0.15, -0.1) is 0 Å². The number of methoxy groups -OCH3 is 1. The normalized spacial score (nSPS) is 10.3. The van der Waals surface area contributed by atoms with E-state index in [1.165, 1.54) is 19.5 Å². The van der Waals surface area contributed by atoms with Crippen molar-refractivity contribution in [1.29, 1.82) is 0 Å². The summed E-state index contributed by atoms with van der Waals surface area (Å²) in [6.07, 6.45) is 2.60. The fourth-order valence-corrected chi connectivity index (χ4v) is 2.19. The number of carbonyl (C=O) groups excluding carboxylic acids is 1. The fourth-order valence-electron chi connectivity index (χ4n) is 1.68. The molecule has 0 aliphatic carbocycles. The van der Waals surface area contributed by atoms with E-state index in [0.717, 1.165) is 0 Å². The Morgan fingerprint density at radius 3 is 2.63 bits per heavy atom. The molecule has 19 heavy (non-hydrogen) atoms. The van der Waals surface area contributed by atoms with Gasteiger partial charge >= 0.3 is 5.97 Å². The molecule has 1 aromatic heterocycles. The van der Waals surface area contributed by atoms with E-state index < -0.39 is 5.97 Å². The zero-order valence-electron chi connectivity index (χ0n) is 9.85. The molecule has 0 radical (unpaired) electrons. The van der Waals surface area contributed by atoms with Crippen molar-refractivity contribution in [3.05, 3.63) is 46.2 Å². The largest absolute Gasteiger partial charge is 0.505 e. The zero-order valence-corrected chi connectivity index (χ0v) is 11.4. The minimum atomic E-state index is -0.666. The molecule has 0 unspecified atom stereocenters. The van der Waals surface area contributed by atoms with Crippen molar-refractivity contribution in [3.63, 3.8) is 0 Å². The van der Waals surface area contributed by atoms with Crippen molar-refractivity contribution in [2.45, 2.75) is 0 Å². The Morgan fingerprint density at radius 1 is 1.26 bits per heavy atom. The second-order valence-corrected chi connectivity index (χ2v) is 4.54. The molecule has 0 bridgehead atoms. The van der Waals surface area contributed by atoms with Gasteiger partial charge in [-0.05, 0) is 12.1 Å². The summed E-state index contributed by atoms with van der Waals surface area (Å²) in [5, 5.41) is 10.6. The number of aromatic hydroxyl groups is 1. The summed E-state index contributed by atoms with van der Waals surface area (Å²) in [7, 11) is 1.23. The molecule has 0 saturated carbocycles. The lowest BCUT2D eigenvalue weighted by molar-refractivity contribution is 0.0598. The van der Waals surface area contributed by atoms with Crippen LogP contribution in [0.5, 0.6) is 5.75 Å². The molecule has 0 aliphatic rings. The molecule has 1 N–H and O–H groups in total. The van der Waals surface area contributed by atoms with Gasteiger partial charge in [-0.2, -0.15) is 0 Å². The summed E-state index contributed by atoms with van der Waals surface area (Å²) >= 11 is 11.9. The smallest absolute Gasteiger partial charge is 0.342 e. The molecule has 0 atom stereocenters. The Bertz CT molecular complexity index is 644. The third kappa shape index (κ3) is 2.64.